The van der Waals surface area contributed by atoms with Gasteiger partial charge >= 0.3 is 0 Å². The van der Waals surface area contributed by atoms with Gasteiger partial charge in [-0.2, -0.15) is 0 Å². The van der Waals surface area contributed by atoms with Gasteiger partial charge in [0.15, 0.2) is 5.78 Å². The van der Waals surface area contributed by atoms with Crippen molar-refractivity contribution in [3.05, 3.63) is 40.3 Å². The second-order valence-corrected chi connectivity index (χ2v) is 6.03. The zero-order valence-electron chi connectivity index (χ0n) is 11.4. The van der Waals surface area contributed by atoms with E-state index in [1.165, 1.54) is 0 Å². The maximum atomic E-state index is 12.3. The number of amides is 1. The van der Waals surface area contributed by atoms with E-state index in [1.54, 1.807) is 11.8 Å². The monoisotopic (exact) mass is 287 g/mol. The first-order valence-corrected chi connectivity index (χ1v) is 8.15. The summed E-state index contributed by atoms with van der Waals surface area (Å²) < 4.78 is 0. The predicted octanol–water partition coefficient (Wildman–Crippen LogP) is 3.48. The minimum Gasteiger partial charge on any atom is -0.325 e. The zero-order chi connectivity index (χ0) is 14.1. The summed E-state index contributed by atoms with van der Waals surface area (Å²) in [4.78, 5) is 25.4. The van der Waals surface area contributed by atoms with Crippen LogP contribution in [0.3, 0.4) is 0 Å². The summed E-state index contributed by atoms with van der Waals surface area (Å²) in [6, 6.07) is 7.75. The van der Waals surface area contributed by atoms with Crippen molar-refractivity contribution in [2.75, 3.05) is 11.6 Å². The van der Waals surface area contributed by atoms with Crippen LogP contribution in [0.1, 0.15) is 37.2 Å². The molecular formula is C16H17NO2S. The summed E-state index contributed by atoms with van der Waals surface area (Å²) in [6.45, 7) is 0. The van der Waals surface area contributed by atoms with E-state index in [-0.39, 0.29) is 17.6 Å². The minimum absolute atomic E-state index is 0.0126. The Morgan fingerprint density at radius 2 is 1.95 bits per heavy atom. The number of anilines is 1. The number of nitrogens with one attached hydrogen (secondary N) is 1. The molecule has 1 aromatic carbocycles. The van der Waals surface area contributed by atoms with Crippen LogP contribution >= 0.6 is 11.8 Å². The minimum atomic E-state index is -0.307. The molecule has 1 saturated carbocycles. The molecule has 1 fully saturated rings. The summed E-state index contributed by atoms with van der Waals surface area (Å²) >= 11 is 1.54. The Kier molecular flexibility index (Phi) is 3.66. The van der Waals surface area contributed by atoms with Gasteiger partial charge in [0, 0.05) is 22.6 Å². The Bertz CT molecular complexity index is 606. The fraction of sp³-hybridized carbons (Fsp3) is 0.375. The molecule has 1 aliphatic carbocycles. The lowest BCUT2D eigenvalue weighted by Gasteiger charge is -2.20. The quantitative estimate of drug-likeness (QED) is 0.847. The van der Waals surface area contributed by atoms with Crippen LogP contribution in [-0.2, 0) is 9.59 Å². The van der Waals surface area contributed by atoms with Gasteiger partial charge < -0.3 is 5.32 Å². The second-order valence-electron chi connectivity index (χ2n) is 5.19. The first kappa shape index (κ1) is 13.4. The predicted molar refractivity (Wildman–Crippen MR) is 81.8 cm³/mol. The Balaban J connectivity index is 2.08. The zero-order valence-corrected chi connectivity index (χ0v) is 12.3. The number of carbonyl (C=O) groups is 2. The molecule has 1 heterocycles. The van der Waals surface area contributed by atoms with E-state index >= 15 is 0 Å². The van der Waals surface area contributed by atoms with Crippen LogP contribution in [0.4, 0.5) is 5.69 Å². The van der Waals surface area contributed by atoms with E-state index in [0.29, 0.717) is 6.42 Å². The third kappa shape index (κ3) is 2.18. The molecule has 1 amide bonds. The van der Waals surface area contributed by atoms with Gasteiger partial charge in [-0.3, -0.25) is 9.59 Å². The Hall–Kier alpha value is -1.55. The smallest absolute Gasteiger partial charge is 0.237 e. The first-order chi connectivity index (χ1) is 9.72. The molecule has 0 radical (unpaired) electrons. The number of ketones is 1. The Morgan fingerprint density at radius 1 is 1.20 bits per heavy atom. The number of Topliss-reactive ketones (excluding diaryl/α,β-unsaturated/α-hetero) is 1. The van der Waals surface area contributed by atoms with Crippen LogP contribution in [0.5, 0.6) is 0 Å². The van der Waals surface area contributed by atoms with Gasteiger partial charge in [0.05, 0.1) is 5.92 Å². The highest BCUT2D eigenvalue weighted by atomic mass is 32.2. The molecule has 0 bridgehead atoms. The van der Waals surface area contributed by atoms with E-state index in [2.05, 4.69) is 5.32 Å². The van der Waals surface area contributed by atoms with Crippen LogP contribution in [-0.4, -0.2) is 17.9 Å². The van der Waals surface area contributed by atoms with E-state index in [4.69, 9.17) is 0 Å². The molecule has 3 nitrogen and oxygen atoms in total. The normalized spacial score (nSPS) is 24.4. The fourth-order valence-corrected chi connectivity index (χ4v) is 3.95. The van der Waals surface area contributed by atoms with Crippen molar-refractivity contribution in [1.82, 2.24) is 0 Å². The third-order valence-corrected chi connectivity index (χ3v) is 4.91. The third-order valence-electron chi connectivity index (χ3n) is 3.99. The molecule has 20 heavy (non-hydrogen) atoms. The van der Waals surface area contributed by atoms with Gasteiger partial charge in [0.25, 0.3) is 0 Å². The second kappa shape index (κ2) is 5.44. The molecule has 1 unspecified atom stereocenters. The number of fused-ring (bicyclic) bond motifs is 1. The van der Waals surface area contributed by atoms with Crippen molar-refractivity contribution in [3.63, 3.8) is 0 Å². The summed E-state index contributed by atoms with van der Waals surface area (Å²) in [6.07, 6.45) is 5.40. The molecule has 4 heteroatoms. The highest BCUT2D eigenvalue weighted by Gasteiger charge is 2.35. The molecule has 3 rings (SSSR count). The Morgan fingerprint density at radius 3 is 2.70 bits per heavy atom. The summed E-state index contributed by atoms with van der Waals surface area (Å²) in [5.74, 6) is -0.0996. The number of allylic oxidation sites excluding steroid dienone is 1. The van der Waals surface area contributed by atoms with Crippen LogP contribution in [0.15, 0.2) is 34.7 Å². The van der Waals surface area contributed by atoms with Gasteiger partial charge in [0.1, 0.15) is 0 Å². The van der Waals surface area contributed by atoms with Crippen LogP contribution in [0.2, 0.25) is 0 Å². The van der Waals surface area contributed by atoms with Crippen LogP contribution in [0.25, 0.3) is 0 Å². The standard InChI is InChI=1S/C16H17NO2S/c1-20-15(11-7-3-5-9-13(11)18)14-10-6-2-4-8-12(10)17-16(14)19/h2,4,6,8,14H,3,5,7,9H2,1H3,(H,17,19)/b15-11+. The molecule has 1 aliphatic heterocycles. The molecule has 0 spiro atoms. The molecule has 0 aromatic heterocycles. The average Bonchev–Trinajstić information content (AvgIpc) is 2.78. The van der Waals surface area contributed by atoms with Gasteiger partial charge in [-0.15, -0.1) is 11.8 Å². The van der Waals surface area contributed by atoms with Crippen molar-refractivity contribution < 1.29 is 9.59 Å². The maximum absolute atomic E-state index is 12.3. The van der Waals surface area contributed by atoms with E-state index in [1.807, 2.05) is 30.5 Å². The van der Waals surface area contributed by atoms with Crippen molar-refractivity contribution >= 4 is 29.1 Å². The maximum Gasteiger partial charge on any atom is 0.237 e. The molecule has 104 valence electrons. The molecule has 1 atom stereocenters. The number of benzene rings is 1. The lowest BCUT2D eigenvalue weighted by Crippen LogP contribution is -2.18. The van der Waals surface area contributed by atoms with Gasteiger partial charge in [-0.25, -0.2) is 0 Å². The van der Waals surface area contributed by atoms with Gasteiger partial charge in [0.2, 0.25) is 5.91 Å². The highest BCUT2D eigenvalue weighted by Crippen LogP contribution is 2.43. The number of carbonyl (C=O) groups excluding carboxylic acids is 2. The van der Waals surface area contributed by atoms with E-state index in [0.717, 1.165) is 41.0 Å². The molecular weight excluding hydrogens is 270 g/mol. The van der Waals surface area contributed by atoms with Crippen molar-refractivity contribution in [1.29, 1.82) is 0 Å². The average molecular weight is 287 g/mol. The lowest BCUT2D eigenvalue weighted by molar-refractivity contribution is -0.116. The molecule has 2 aliphatic rings. The molecule has 1 N–H and O–H groups in total. The number of para-hydroxylation sites is 1. The topological polar surface area (TPSA) is 46.2 Å². The number of hydrogen-bond acceptors (Lipinski definition) is 3. The van der Waals surface area contributed by atoms with Crippen LogP contribution in [0, 0.1) is 0 Å². The summed E-state index contributed by atoms with van der Waals surface area (Å²) in [5.41, 5.74) is 2.74. The number of thioether (sulfide) groups is 1. The van der Waals surface area contributed by atoms with Crippen molar-refractivity contribution in [2.24, 2.45) is 0 Å². The fourth-order valence-electron chi connectivity index (χ4n) is 3.02. The number of hydrogen-bond donors (Lipinski definition) is 1. The highest BCUT2D eigenvalue weighted by molar-refractivity contribution is 8.02. The Labute approximate surface area is 122 Å². The largest absolute Gasteiger partial charge is 0.325 e. The van der Waals surface area contributed by atoms with Crippen molar-refractivity contribution in [3.8, 4) is 0 Å². The summed E-state index contributed by atoms with van der Waals surface area (Å²) in [5, 5.41) is 2.92. The van der Waals surface area contributed by atoms with E-state index in [9.17, 15) is 9.59 Å². The lowest BCUT2D eigenvalue weighted by atomic mass is 9.88. The molecule has 1 aromatic rings. The first-order valence-electron chi connectivity index (χ1n) is 6.92. The van der Waals surface area contributed by atoms with Gasteiger partial charge in [-0.1, -0.05) is 18.2 Å². The molecule has 0 saturated heterocycles. The van der Waals surface area contributed by atoms with Gasteiger partial charge in [-0.05, 0) is 37.1 Å². The van der Waals surface area contributed by atoms with Crippen LogP contribution < -0.4 is 5.32 Å². The summed E-state index contributed by atoms with van der Waals surface area (Å²) in [7, 11) is 0. The van der Waals surface area contributed by atoms with E-state index < -0.39 is 0 Å². The SMILES string of the molecule is CS/C(=C1\CCCCC1=O)C1C(=O)Nc2ccccc21. The van der Waals surface area contributed by atoms with Crippen molar-refractivity contribution in [2.45, 2.75) is 31.6 Å². The number of rotatable bonds is 2.